The molecule has 0 spiro atoms. The van der Waals surface area contributed by atoms with Crippen molar-refractivity contribution in [3.8, 4) is 17.1 Å². The first kappa shape index (κ1) is 17.3. The Kier molecular flexibility index (Phi) is 5.56. The predicted octanol–water partition coefficient (Wildman–Crippen LogP) is 4.99. The number of hydrogen-bond acceptors (Lipinski definition) is 4. The van der Waals surface area contributed by atoms with Gasteiger partial charge in [-0.3, -0.25) is 4.57 Å². The Balaban J connectivity index is 1.89. The van der Waals surface area contributed by atoms with E-state index in [0.29, 0.717) is 6.54 Å². The minimum Gasteiger partial charge on any atom is -0.497 e. The summed E-state index contributed by atoms with van der Waals surface area (Å²) in [5.41, 5.74) is 2.28. The van der Waals surface area contributed by atoms with Crippen LogP contribution in [-0.2, 0) is 6.54 Å². The van der Waals surface area contributed by atoms with Crippen LogP contribution >= 0.6 is 11.8 Å². The van der Waals surface area contributed by atoms with Gasteiger partial charge in [-0.15, -0.1) is 16.8 Å². The van der Waals surface area contributed by atoms with E-state index in [1.54, 1.807) is 18.9 Å². The molecule has 0 bridgehead atoms. The van der Waals surface area contributed by atoms with Crippen LogP contribution in [0.5, 0.6) is 5.75 Å². The molecule has 5 heteroatoms. The molecule has 0 radical (unpaired) electrons. The molecule has 1 aromatic heterocycles. The van der Waals surface area contributed by atoms with Crippen molar-refractivity contribution in [2.45, 2.75) is 23.9 Å². The molecule has 0 amide bonds. The van der Waals surface area contributed by atoms with Gasteiger partial charge in [-0.05, 0) is 36.8 Å². The molecule has 1 heterocycles. The van der Waals surface area contributed by atoms with Crippen LogP contribution in [0.4, 0.5) is 0 Å². The van der Waals surface area contributed by atoms with E-state index < -0.39 is 0 Å². The fourth-order valence-corrected chi connectivity index (χ4v) is 3.56. The number of thioether (sulfide) groups is 1. The summed E-state index contributed by atoms with van der Waals surface area (Å²) in [7, 11) is 1.66. The van der Waals surface area contributed by atoms with Crippen molar-refractivity contribution in [2.24, 2.45) is 0 Å². The topological polar surface area (TPSA) is 39.9 Å². The Morgan fingerprint density at radius 3 is 2.48 bits per heavy atom. The van der Waals surface area contributed by atoms with Crippen molar-refractivity contribution in [3.05, 3.63) is 72.8 Å². The van der Waals surface area contributed by atoms with Crippen molar-refractivity contribution in [1.29, 1.82) is 0 Å². The summed E-state index contributed by atoms with van der Waals surface area (Å²) in [6.45, 7) is 6.72. The highest BCUT2D eigenvalue weighted by Crippen LogP contribution is 2.35. The van der Waals surface area contributed by atoms with Gasteiger partial charge >= 0.3 is 0 Å². The fraction of sp³-hybridized carbons (Fsp3) is 0.200. The molecule has 3 aromatic rings. The lowest BCUT2D eigenvalue weighted by Gasteiger charge is -2.12. The molecular weight excluding hydrogens is 330 g/mol. The highest BCUT2D eigenvalue weighted by molar-refractivity contribution is 7.99. The van der Waals surface area contributed by atoms with E-state index in [1.165, 1.54) is 5.56 Å². The van der Waals surface area contributed by atoms with Crippen LogP contribution in [0.2, 0.25) is 0 Å². The van der Waals surface area contributed by atoms with E-state index >= 15 is 0 Å². The fourth-order valence-electron chi connectivity index (χ4n) is 2.57. The zero-order valence-electron chi connectivity index (χ0n) is 14.4. The first-order valence-electron chi connectivity index (χ1n) is 8.13. The number of rotatable bonds is 7. The summed E-state index contributed by atoms with van der Waals surface area (Å²) >= 11 is 1.70. The Hall–Kier alpha value is -2.53. The van der Waals surface area contributed by atoms with Crippen LogP contribution in [0.1, 0.15) is 17.7 Å². The molecule has 0 saturated heterocycles. The smallest absolute Gasteiger partial charge is 0.192 e. The average Bonchev–Trinajstić information content (AvgIpc) is 3.05. The maximum Gasteiger partial charge on any atom is 0.192 e. The predicted molar refractivity (Wildman–Crippen MR) is 103 cm³/mol. The highest BCUT2D eigenvalue weighted by atomic mass is 32.2. The molecule has 2 aromatic carbocycles. The summed E-state index contributed by atoms with van der Waals surface area (Å²) in [5, 5.41) is 10.0. The van der Waals surface area contributed by atoms with E-state index in [1.807, 2.05) is 36.4 Å². The lowest BCUT2D eigenvalue weighted by atomic mass is 10.2. The van der Waals surface area contributed by atoms with E-state index in [0.717, 1.165) is 22.3 Å². The maximum atomic E-state index is 5.23. The van der Waals surface area contributed by atoms with Gasteiger partial charge in [-0.2, -0.15) is 0 Å². The lowest BCUT2D eigenvalue weighted by Crippen LogP contribution is -2.01. The molecule has 4 nitrogen and oxygen atoms in total. The largest absolute Gasteiger partial charge is 0.497 e. The first-order valence-corrected chi connectivity index (χ1v) is 9.01. The highest BCUT2D eigenvalue weighted by Gasteiger charge is 2.17. The maximum absolute atomic E-state index is 5.23. The van der Waals surface area contributed by atoms with Crippen molar-refractivity contribution >= 4 is 11.8 Å². The molecule has 3 rings (SSSR count). The quantitative estimate of drug-likeness (QED) is 0.444. The number of benzene rings is 2. The number of aromatic nitrogens is 3. The lowest BCUT2D eigenvalue weighted by molar-refractivity contribution is 0.415. The molecule has 1 atom stereocenters. The standard InChI is InChI=1S/C20H21N3OS/c1-4-14-23-19(17-10-12-18(24-3)13-11-17)21-22-20(23)25-15(2)16-8-6-5-7-9-16/h4-13,15H,1,14H2,2-3H3. The zero-order chi connectivity index (χ0) is 17.6. The Labute approximate surface area is 152 Å². The monoisotopic (exact) mass is 351 g/mol. The first-order chi connectivity index (χ1) is 12.2. The van der Waals surface area contributed by atoms with Gasteiger partial charge in [-0.1, -0.05) is 48.2 Å². The van der Waals surface area contributed by atoms with Gasteiger partial charge in [0.2, 0.25) is 0 Å². The van der Waals surface area contributed by atoms with Crippen molar-refractivity contribution in [3.63, 3.8) is 0 Å². The minimum absolute atomic E-state index is 0.290. The van der Waals surface area contributed by atoms with Gasteiger partial charge in [0.05, 0.1) is 7.11 Å². The van der Waals surface area contributed by atoms with Gasteiger partial charge in [0.1, 0.15) is 5.75 Å². The van der Waals surface area contributed by atoms with Gasteiger partial charge in [0.15, 0.2) is 11.0 Å². The summed E-state index contributed by atoms with van der Waals surface area (Å²) in [6.07, 6.45) is 1.87. The van der Waals surface area contributed by atoms with Crippen molar-refractivity contribution < 1.29 is 4.74 Å². The number of nitrogens with zero attached hydrogens (tertiary/aromatic N) is 3. The molecular formula is C20H21N3OS. The van der Waals surface area contributed by atoms with Crippen LogP contribution in [-0.4, -0.2) is 21.9 Å². The van der Waals surface area contributed by atoms with Gasteiger partial charge in [-0.25, -0.2) is 0 Å². The number of methoxy groups -OCH3 is 1. The third-order valence-electron chi connectivity index (χ3n) is 3.93. The summed E-state index contributed by atoms with van der Waals surface area (Å²) in [4.78, 5) is 0. The molecule has 0 fully saturated rings. The molecule has 0 saturated carbocycles. The van der Waals surface area contributed by atoms with Crippen LogP contribution in [0.25, 0.3) is 11.4 Å². The minimum atomic E-state index is 0.290. The third kappa shape index (κ3) is 3.94. The molecule has 0 N–H and O–H groups in total. The van der Waals surface area contributed by atoms with Gasteiger partial charge in [0.25, 0.3) is 0 Å². The zero-order valence-corrected chi connectivity index (χ0v) is 15.2. The second-order valence-electron chi connectivity index (χ2n) is 5.60. The van der Waals surface area contributed by atoms with Gasteiger partial charge in [0, 0.05) is 17.4 Å². The average molecular weight is 351 g/mol. The summed E-state index contributed by atoms with van der Waals surface area (Å²) < 4.78 is 7.32. The van der Waals surface area contributed by atoms with Crippen LogP contribution in [0.3, 0.4) is 0 Å². The van der Waals surface area contributed by atoms with E-state index in [9.17, 15) is 0 Å². The SMILES string of the molecule is C=CCn1c(SC(C)c2ccccc2)nnc1-c1ccc(OC)cc1. The second-order valence-corrected chi connectivity index (χ2v) is 6.91. The number of hydrogen-bond donors (Lipinski definition) is 0. The van der Waals surface area contributed by atoms with Crippen LogP contribution < -0.4 is 4.74 Å². The Bertz CT molecular complexity index is 828. The molecule has 0 aliphatic carbocycles. The Morgan fingerprint density at radius 2 is 1.84 bits per heavy atom. The van der Waals surface area contributed by atoms with Gasteiger partial charge < -0.3 is 4.74 Å². The third-order valence-corrected chi connectivity index (χ3v) is 5.07. The molecule has 0 aliphatic heterocycles. The van der Waals surface area contributed by atoms with E-state index in [-0.39, 0.29) is 5.25 Å². The summed E-state index contributed by atoms with van der Waals surface area (Å²) in [5.74, 6) is 1.66. The van der Waals surface area contributed by atoms with E-state index in [4.69, 9.17) is 4.74 Å². The van der Waals surface area contributed by atoms with E-state index in [2.05, 4.69) is 52.5 Å². The van der Waals surface area contributed by atoms with Crippen LogP contribution in [0, 0.1) is 0 Å². The van der Waals surface area contributed by atoms with Crippen LogP contribution in [0.15, 0.2) is 72.4 Å². The van der Waals surface area contributed by atoms with Crippen molar-refractivity contribution in [1.82, 2.24) is 14.8 Å². The number of allylic oxidation sites excluding steroid dienone is 1. The second kappa shape index (κ2) is 8.03. The molecule has 1 unspecified atom stereocenters. The summed E-state index contributed by atoms with van der Waals surface area (Å²) in [6, 6.07) is 18.3. The number of ether oxygens (including phenoxy) is 1. The molecule has 0 aliphatic rings. The Morgan fingerprint density at radius 1 is 1.12 bits per heavy atom. The van der Waals surface area contributed by atoms with Crippen molar-refractivity contribution in [2.75, 3.05) is 7.11 Å². The molecule has 128 valence electrons. The normalized spacial score (nSPS) is 11.9. The molecule has 25 heavy (non-hydrogen) atoms.